The number of hydrogen-bond donors (Lipinski definition) is 1. The molecule has 0 aliphatic carbocycles. The van der Waals surface area contributed by atoms with Crippen LogP contribution in [0.1, 0.15) is 11.3 Å². The van der Waals surface area contributed by atoms with Gasteiger partial charge in [-0.3, -0.25) is 0 Å². The van der Waals surface area contributed by atoms with Crippen molar-refractivity contribution in [2.24, 2.45) is 0 Å². The molecule has 0 spiro atoms. The second kappa shape index (κ2) is 5.12. The van der Waals surface area contributed by atoms with Crippen molar-refractivity contribution in [3.8, 4) is 6.07 Å². The molecule has 0 saturated carbocycles. The third-order valence-corrected chi connectivity index (χ3v) is 3.63. The molecule has 92 valence electrons. The molecule has 3 aromatic rings. The molecule has 3 rings (SSSR count). The van der Waals surface area contributed by atoms with Gasteiger partial charge < -0.3 is 4.98 Å². The minimum Gasteiger partial charge on any atom is -0.333 e. The van der Waals surface area contributed by atoms with Gasteiger partial charge in [0.25, 0.3) is 0 Å². The summed E-state index contributed by atoms with van der Waals surface area (Å²) in [7, 11) is 0. The number of benzene rings is 1. The lowest BCUT2D eigenvalue weighted by atomic mass is 10.2. The van der Waals surface area contributed by atoms with Crippen molar-refractivity contribution < 1.29 is 0 Å². The number of fused-ring (bicyclic) bond motifs is 1. The van der Waals surface area contributed by atoms with E-state index in [9.17, 15) is 0 Å². The molecule has 1 N–H and O–H groups in total. The van der Waals surface area contributed by atoms with Gasteiger partial charge in [0.1, 0.15) is 11.8 Å². The van der Waals surface area contributed by atoms with Gasteiger partial charge in [-0.25, -0.2) is 9.97 Å². The maximum Gasteiger partial charge on any atom is 0.166 e. The maximum absolute atomic E-state index is 8.80. The average molecular weight is 266 g/mol. The second-order valence-electron chi connectivity index (χ2n) is 4.01. The number of aromatic nitrogens is 3. The zero-order valence-corrected chi connectivity index (χ0v) is 10.8. The first-order valence-corrected chi connectivity index (χ1v) is 6.76. The average Bonchev–Trinajstić information content (AvgIpc) is 2.88. The summed E-state index contributed by atoms with van der Waals surface area (Å²) in [5, 5.41) is 9.69. The molecular weight excluding hydrogens is 256 g/mol. The van der Waals surface area contributed by atoms with E-state index in [1.165, 1.54) is 0 Å². The van der Waals surface area contributed by atoms with Crippen LogP contribution in [0.15, 0.2) is 47.8 Å². The van der Waals surface area contributed by atoms with E-state index >= 15 is 0 Å². The number of para-hydroxylation sites is 2. The number of pyridine rings is 1. The van der Waals surface area contributed by atoms with Crippen LogP contribution < -0.4 is 0 Å². The molecule has 4 nitrogen and oxygen atoms in total. The second-order valence-corrected chi connectivity index (χ2v) is 4.97. The van der Waals surface area contributed by atoms with Crippen LogP contribution in [-0.4, -0.2) is 15.0 Å². The highest BCUT2D eigenvalue weighted by atomic mass is 32.2. The van der Waals surface area contributed by atoms with Gasteiger partial charge in [0.2, 0.25) is 0 Å². The Bertz CT molecular complexity index is 724. The third kappa shape index (κ3) is 2.59. The fourth-order valence-corrected chi connectivity index (χ4v) is 2.60. The first kappa shape index (κ1) is 11.8. The first-order chi connectivity index (χ1) is 9.35. The van der Waals surface area contributed by atoms with Crippen molar-refractivity contribution >= 4 is 22.8 Å². The Morgan fingerprint density at radius 3 is 3.00 bits per heavy atom. The normalized spacial score (nSPS) is 10.5. The lowest BCUT2D eigenvalue weighted by Gasteiger charge is -1.98. The van der Waals surface area contributed by atoms with Crippen LogP contribution in [0.5, 0.6) is 0 Å². The number of thioether (sulfide) groups is 1. The minimum absolute atomic E-state index is 0.447. The van der Waals surface area contributed by atoms with E-state index in [4.69, 9.17) is 5.26 Å². The SMILES string of the molecule is N#Cc1cc(CSc2nc3ccccc3[nH]2)ccn1. The van der Waals surface area contributed by atoms with E-state index in [-0.39, 0.29) is 0 Å². The molecule has 19 heavy (non-hydrogen) atoms. The van der Waals surface area contributed by atoms with Crippen molar-refractivity contribution in [1.29, 1.82) is 5.26 Å². The molecule has 0 atom stereocenters. The van der Waals surface area contributed by atoms with E-state index in [0.717, 1.165) is 27.5 Å². The largest absolute Gasteiger partial charge is 0.333 e. The number of nitrogens with zero attached hydrogens (tertiary/aromatic N) is 3. The summed E-state index contributed by atoms with van der Waals surface area (Å²) in [6.07, 6.45) is 1.66. The molecule has 0 aliphatic heterocycles. The van der Waals surface area contributed by atoms with Gasteiger partial charge in [-0.05, 0) is 29.8 Å². The van der Waals surface area contributed by atoms with Crippen LogP contribution in [0.25, 0.3) is 11.0 Å². The Kier molecular flexibility index (Phi) is 3.17. The number of aromatic amines is 1. The number of nitrogens with one attached hydrogen (secondary N) is 1. The predicted octanol–water partition coefficient (Wildman–Crippen LogP) is 3.12. The Labute approximate surface area is 114 Å². The maximum atomic E-state index is 8.80. The monoisotopic (exact) mass is 266 g/mol. The Balaban J connectivity index is 1.76. The molecule has 0 unspecified atom stereocenters. The quantitative estimate of drug-likeness (QED) is 0.740. The van der Waals surface area contributed by atoms with Gasteiger partial charge in [0.15, 0.2) is 5.16 Å². The van der Waals surface area contributed by atoms with Crippen LogP contribution in [0.2, 0.25) is 0 Å². The Morgan fingerprint density at radius 2 is 2.16 bits per heavy atom. The summed E-state index contributed by atoms with van der Waals surface area (Å²) in [6.45, 7) is 0. The van der Waals surface area contributed by atoms with Crippen molar-refractivity contribution in [3.63, 3.8) is 0 Å². The van der Waals surface area contributed by atoms with Gasteiger partial charge in [0, 0.05) is 11.9 Å². The molecular formula is C14H10N4S. The smallest absolute Gasteiger partial charge is 0.166 e. The fraction of sp³-hybridized carbons (Fsp3) is 0.0714. The molecule has 0 bridgehead atoms. The number of hydrogen-bond acceptors (Lipinski definition) is 4. The molecule has 0 saturated heterocycles. The van der Waals surface area contributed by atoms with Crippen molar-refractivity contribution in [2.75, 3.05) is 0 Å². The molecule has 0 fully saturated rings. The predicted molar refractivity (Wildman–Crippen MR) is 74.6 cm³/mol. The van der Waals surface area contributed by atoms with Crippen LogP contribution in [0, 0.1) is 11.3 Å². The molecule has 0 aliphatic rings. The van der Waals surface area contributed by atoms with Gasteiger partial charge in [0.05, 0.1) is 11.0 Å². The zero-order valence-electron chi connectivity index (χ0n) is 10.00. The first-order valence-electron chi connectivity index (χ1n) is 5.78. The molecule has 0 amide bonds. The van der Waals surface area contributed by atoms with Gasteiger partial charge >= 0.3 is 0 Å². The highest BCUT2D eigenvalue weighted by Gasteiger charge is 2.03. The van der Waals surface area contributed by atoms with E-state index in [0.29, 0.717) is 5.69 Å². The number of imidazole rings is 1. The zero-order chi connectivity index (χ0) is 13.1. The summed E-state index contributed by atoms with van der Waals surface area (Å²) >= 11 is 1.61. The lowest BCUT2D eigenvalue weighted by Crippen LogP contribution is -1.86. The van der Waals surface area contributed by atoms with Crippen LogP contribution >= 0.6 is 11.8 Å². The number of nitriles is 1. The van der Waals surface area contributed by atoms with E-state index in [2.05, 4.69) is 15.0 Å². The third-order valence-electron chi connectivity index (χ3n) is 2.68. The van der Waals surface area contributed by atoms with Crippen molar-refractivity contribution in [2.45, 2.75) is 10.9 Å². The molecule has 2 aromatic heterocycles. The fourth-order valence-electron chi connectivity index (χ4n) is 1.77. The Hall–Kier alpha value is -2.32. The molecule has 1 aromatic carbocycles. The highest BCUT2D eigenvalue weighted by Crippen LogP contribution is 2.22. The van der Waals surface area contributed by atoms with E-state index < -0.39 is 0 Å². The summed E-state index contributed by atoms with van der Waals surface area (Å²) in [4.78, 5) is 11.7. The highest BCUT2D eigenvalue weighted by molar-refractivity contribution is 7.98. The van der Waals surface area contributed by atoms with Gasteiger partial charge in [-0.15, -0.1) is 0 Å². The number of H-pyrrole nitrogens is 1. The minimum atomic E-state index is 0.447. The molecule has 2 heterocycles. The van der Waals surface area contributed by atoms with Crippen molar-refractivity contribution in [1.82, 2.24) is 15.0 Å². The molecule has 5 heteroatoms. The summed E-state index contributed by atoms with van der Waals surface area (Å²) in [6, 6.07) is 13.7. The lowest BCUT2D eigenvalue weighted by molar-refractivity contribution is 1.08. The van der Waals surface area contributed by atoms with E-state index in [1.807, 2.05) is 36.4 Å². The summed E-state index contributed by atoms with van der Waals surface area (Å²) < 4.78 is 0. The topological polar surface area (TPSA) is 65.4 Å². The van der Waals surface area contributed by atoms with E-state index in [1.54, 1.807) is 24.0 Å². The molecule has 0 radical (unpaired) electrons. The summed E-state index contributed by atoms with van der Waals surface area (Å²) in [5.74, 6) is 0.761. The van der Waals surface area contributed by atoms with Crippen LogP contribution in [-0.2, 0) is 5.75 Å². The standard InChI is InChI=1S/C14H10N4S/c15-8-11-7-10(5-6-16-11)9-19-14-17-12-3-1-2-4-13(12)18-14/h1-7H,9H2,(H,17,18). The Morgan fingerprint density at radius 1 is 1.26 bits per heavy atom. The van der Waals surface area contributed by atoms with Crippen molar-refractivity contribution in [3.05, 3.63) is 53.9 Å². The van der Waals surface area contributed by atoms with Gasteiger partial charge in [-0.1, -0.05) is 23.9 Å². The van der Waals surface area contributed by atoms with Crippen LogP contribution in [0.3, 0.4) is 0 Å². The number of rotatable bonds is 3. The summed E-state index contributed by atoms with van der Waals surface area (Å²) in [5.41, 5.74) is 3.52. The van der Waals surface area contributed by atoms with Gasteiger partial charge in [-0.2, -0.15) is 5.26 Å². The van der Waals surface area contributed by atoms with Crippen LogP contribution in [0.4, 0.5) is 0 Å².